The Hall–Kier alpha value is -4.87. The molecule has 4 aromatic rings. The molecular weight excluding hydrogens is 503 g/mol. The molecule has 0 aliphatic carbocycles. The van der Waals surface area contributed by atoms with Crippen molar-refractivity contribution < 1.29 is 32.6 Å². The smallest absolute Gasteiger partial charge is 0.490 e. The molecule has 9 nitrogen and oxygen atoms in total. The van der Waals surface area contributed by atoms with Crippen molar-refractivity contribution >= 4 is 28.6 Å². The lowest BCUT2D eigenvalue weighted by atomic mass is 10.1. The van der Waals surface area contributed by atoms with E-state index in [1.165, 1.54) is 12.4 Å². The number of nitrogens with two attached hydrogens (primary N) is 1. The van der Waals surface area contributed by atoms with Gasteiger partial charge in [0, 0.05) is 41.7 Å². The van der Waals surface area contributed by atoms with Crippen molar-refractivity contribution in [3.63, 3.8) is 0 Å². The van der Waals surface area contributed by atoms with Crippen molar-refractivity contribution in [2.45, 2.75) is 26.2 Å². The van der Waals surface area contributed by atoms with E-state index in [2.05, 4.69) is 5.32 Å². The maximum absolute atomic E-state index is 13.1. The van der Waals surface area contributed by atoms with Crippen LogP contribution in [0.5, 0.6) is 0 Å². The van der Waals surface area contributed by atoms with Gasteiger partial charge in [-0.3, -0.25) is 10.2 Å². The number of benzene rings is 2. The Labute approximate surface area is 215 Å². The van der Waals surface area contributed by atoms with Gasteiger partial charge in [-0.2, -0.15) is 17.9 Å². The van der Waals surface area contributed by atoms with Gasteiger partial charge in [0.1, 0.15) is 11.5 Å². The van der Waals surface area contributed by atoms with Crippen molar-refractivity contribution in [3.8, 4) is 0 Å². The van der Waals surface area contributed by atoms with Gasteiger partial charge >= 0.3 is 12.1 Å². The normalized spacial score (nSPS) is 10.9. The molecule has 0 saturated carbocycles. The summed E-state index contributed by atoms with van der Waals surface area (Å²) in [7, 11) is 0. The van der Waals surface area contributed by atoms with E-state index in [0.29, 0.717) is 29.1 Å². The molecule has 0 fully saturated rings. The van der Waals surface area contributed by atoms with Crippen molar-refractivity contribution in [1.82, 2.24) is 9.88 Å². The molecule has 0 unspecified atom stereocenters. The number of pyridine rings is 1. The summed E-state index contributed by atoms with van der Waals surface area (Å²) in [5, 5.41) is 30.0. The van der Waals surface area contributed by atoms with Gasteiger partial charge in [-0.25, -0.2) is 4.79 Å². The summed E-state index contributed by atoms with van der Waals surface area (Å²) in [5.74, 6) is -2.94. The number of hydrogen-bond acceptors (Lipinski definition) is 4. The maximum atomic E-state index is 13.1. The average Bonchev–Trinajstić information content (AvgIpc) is 3.23. The van der Waals surface area contributed by atoms with E-state index >= 15 is 0 Å². The first-order valence-electron chi connectivity index (χ1n) is 11.1. The van der Waals surface area contributed by atoms with Gasteiger partial charge in [0.2, 0.25) is 0 Å². The van der Waals surface area contributed by atoms with Gasteiger partial charge in [-0.15, -0.1) is 0 Å². The number of nitrogen functional groups attached to an aromatic ring is 1. The highest BCUT2D eigenvalue weighted by Crippen LogP contribution is 2.25. The molecule has 2 aromatic heterocycles. The van der Waals surface area contributed by atoms with Gasteiger partial charge in [-0.05, 0) is 41.8 Å². The first-order chi connectivity index (χ1) is 17.9. The summed E-state index contributed by atoms with van der Waals surface area (Å²) >= 11 is 0. The number of halogens is 3. The molecular formula is C26H24F3N5O4. The van der Waals surface area contributed by atoms with Crippen molar-refractivity contribution in [2.24, 2.45) is 5.73 Å². The van der Waals surface area contributed by atoms with Crippen molar-refractivity contribution in [1.29, 1.82) is 5.41 Å². The van der Waals surface area contributed by atoms with Gasteiger partial charge in [0.05, 0.1) is 0 Å². The van der Waals surface area contributed by atoms with Crippen LogP contribution in [0, 0.1) is 17.5 Å². The number of nitrogens with zero attached hydrogens (tertiary/aromatic N) is 2. The molecule has 1 amide bonds. The van der Waals surface area contributed by atoms with Gasteiger partial charge < -0.3 is 25.9 Å². The molecule has 12 heteroatoms. The number of rotatable bonds is 6. The minimum atomic E-state index is -5.08. The number of fused-ring (bicyclic) bond motifs is 1. The number of hydrogen-bond donors (Lipinski definition) is 4. The number of alkyl halides is 3. The Kier molecular flexibility index (Phi) is 8.36. The van der Waals surface area contributed by atoms with Crippen LogP contribution in [-0.4, -0.2) is 33.6 Å². The molecule has 2 heterocycles. The van der Waals surface area contributed by atoms with E-state index in [1.54, 1.807) is 18.2 Å². The van der Waals surface area contributed by atoms with Crippen molar-refractivity contribution in [2.75, 3.05) is 0 Å². The molecule has 5 N–H and O–H groups in total. The van der Waals surface area contributed by atoms with E-state index in [0.717, 1.165) is 27.6 Å². The lowest BCUT2D eigenvalue weighted by molar-refractivity contribution is -0.605. The number of amidine groups is 1. The standard InChI is InChI=1S/C24H23N5O2.C2HF3O2/c1-16-4-2-7-21-20(16)13-22(24(30)27-14-17-8-10-28(31)11-9-17)29(21)15-18-5-3-6-19(12-18)23(25)26;3-2(4,5)1(6)7/h2-13H,14-15H2,1H3,(H3,25,26)(H,27,30);(H,6,7). The zero-order chi connectivity index (χ0) is 28.0. The SMILES string of the molecule is Cc1cccc2c1cc(C(=O)NCc1cc[n+]([O-])cc1)n2Cc1cccc(C(=N)N)c1.O=C(O)C(F)(F)F. The Balaban J connectivity index is 0.000000505. The number of aromatic nitrogens is 2. The summed E-state index contributed by atoms with van der Waals surface area (Å²) in [5.41, 5.74) is 10.7. The number of carboxylic acid groups (broad SMARTS) is 1. The second-order valence-corrected chi connectivity index (χ2v) is 8.29. The molecule has 0 bridgehead atoms. The van der Waals surface area contributed by atoms with E-state index in [4.69, 9.17) is 21.0 Å². The largest absolute Gasteiger partial charge is 0.619 e. The van der Waals surface area contributed by atoms with E-state index < -0.39 is 12.1 Å². The predicted octanol–water partition coefficient (Wildman–Crippen LogP) is 3.48. The lowest BCUT2D eigenvalue weighted by Gasteiger charge is -2.12. The van der Waals surface area contributed by atoms with Crippen LogP contribution in [0.2, 0.25) is 0 Å². The number of aryl methyl sites for hydroxylation is 1. The quantitative estimate of drug-likeness (QED) is 0.131. The van der Waals surface area contributed by atoms with E-state index in [-0.39, 0.29) is 11.7 Å². The number of aliphatic carboxylic acids is 1. The molecule has 198 valence electrons. The van der Waals surface area contributed by atoms with Gasteiger partial charge in [-0.1, -0.05) is 30.3 Å². The second-order valence-electron chi connectivity index (χ2n) is 8.29. The zero-order valence-corrected chi connectivity index (χ0v) is 20.1. The number of carboxylic acids is 1. The Morgan fingerprint density at radius 2 is 1.71 bits per heavy atom. The highest BCUT2D eigenvalue weighted by molar-refractivity contribution is 5.99. The maximum Gasteiger partial charge on any atom is 0.490 e. The highest BCUT2D eigenvalue weighted by atomic mass is 19.4. The molecule has 0 aliphatic heterocycles. The van der Waals surface area contributed by atoms with Crippen LogP contribution in [0.4, 0.5) is 13.2 Å². The molecule has 0 radical (unpaired) electrons. The minimum Gasteiger partial charge on any atom is -0.619 e. The Morgan fingerprint density at radius 1 is 1.08 bits per heavy atom. The number of amides is 1. The number of carbonyl (C=O) groups is 2. The summed E-state index contributed by atoms with van der Waals surface area (Å²) in [6, 6.07) is 18.7. The fourth-order valence-electron chi connectivity index (χ4n) is 3.65. The summed E-state index contributed by atoms with van der Waals surface area (Å²) in [6.07, 6.45) is -2.27. The summed E-state index contributed by atoms with van der Waals surface area (Å²) < 4.78 is 34.4. The molecule has 0 saturated heterocycles. The minimum absolute atomic E-state index is 0.00952. The number of nitrogens with one attached hydrogen (secondary N) is 2. The molecule has 0 spiro atoms. The van der Waals surface area contributed by atoms with Crippen LogP contribution in [-0.2, 0) is 17.9 Å². The monoisotopic (exact) mass is 527 g/mol. The summed E-state index contributed by atoms with van der Waals surface area (Å²) in [4.78, 5) is 22.0. The van der Waals surface area contributed by atoms with Crippen LogP contribution < -0.4 is 15.8 Å². The highest BCUT2D eigenvalue weighted by Gasteiger charge is 2.38. The molecule has 0 aliphatic rings. The van der Waals surface area contributed by atoms with E-state index in [1.807, 2.05) is 54.0 Å². The van der Waals surface area contributed by atoms with E-state index in [9.17, 15) is 23.2 Å². The Bertz CT molecular complexity index is 1480. The third kappa shape index (κ3) is 6.87. The van der Waals surface area contributed by atoms with Gasteiger partial charge in [0.25, 0.3) is 5.91 Å². The fourth-order valence-corrected chi connectivity index (χ4v) is 3.65. The van der Waals surface area contributed by atoms with Crippen LogP contribution in [0.3, 0.4) is 0 Å². The second kappa shape index (κ2) is 11.5. The van der Waals surface area contributed by atoms with Crippen LogP contribution in [0.25, 0.3) is 10.9 Å². The molecule has 2 aromatic carbocycles. The molecule has 0 atom stereocenters. The van der Waals surface area contributed by atoms with Crippen LogP contribution >= 0.6 is 0 Å². The predicted molar refractivity (Wildman–Crippen MR) is 133 cm³/mol. The first-order valence-corrected chi connectivity index (χ1v) is 11.1. The average molecular weight is 528 g/mol. The molecule has 4 rings (SSSR count). The third-order valence-corrected chi connectivity index (χ3v) is 5.54. The van der Waals surface area contributed by atoms with Crippen LogP contribution in [0.1, 0.15) is 32.7 Å². The fraction of sp³-hybridized carbons (Fsp3) is 0.154. The topological polar surface area (TPSA) is 148 Å². The Morgan fingerprint density at radius 3 is 2.32 bits per heavy atom. The summed E-state index contributed by atoms with van der Waals surface area (Å²) in [6.45, 7) is 2.81. The first kappa shape index (κ1) is 27.7. The van der Waals surface area contributed by atoms with Crippen LogP contribution in [0.15, 0.2) is 73.1 Å². The lowest BCUT2D eigenvalue weighted by Crippen LogP contribution is -2.27. The third-order valence-electron chi connectivity index (χ3n) is 5.54. The zero-order valence-electron chi connectivity index (χ0n) is 20.1. The molecule has 38 heavy (non-hydrogen) atoms. The number of carbonyl (C=O) groups excluding carboxylic acids is 1. The van der Waals surface area contributed by atoms with Crippen molar-refractivity contribution in [3.05, 3.63) is 106 Å². The van der Waals surface area contributed by atoms with Gasteiger partial charge in [0.15, 0.2) is 12.4 Å².